The van der Waals surface area contributed by atoms with E-state index in [-0.39, 0.29) is 5.91 Å². The first-order valence-corrected chi connectivity index (χ1v) is 10.1. The van der Waals surface area contributed by atoms with Crippen LogP contribution in [0.3, 0.4) is 0 Å². The number of hydrogen-bond donors (Lipinski definition) is 1. The van der Waals surface area contributed by atoms with Gasteiger partial charge in [-0.05, 0) is 42.3 Å². The Bertz CT molecular complexity index is 948. The van der Waals surface area contributed by atoms with Crippen LogP contribution in [0, 0.1) is 0 Å². The first kappa shape index (κ1) is 19.0. The van der Waals surface area contributed by atoms with Gasteiger partial charge in [0.05, 0.1) is 11.9 Å². The third-order valence-electron chi connectivity index (χ3n) is 5.39. The monoisotopic (exact) mass is 386 g/mol. The molecule has 0 atom stereocenters. The number of carbonyl (C=O) groups excluding carboxylic acids is 1. The summed E-state index contributed by atoms with van der Waals surface area (Å²) in [6.45, 7) is 5.90. The minimum atomic E-state index is -0.175. The molecule has 148 valence electrons. The quantitative estimate of drug-likeness (QED) is 0.713. The predicted molar refractivity (Wildman–Crippen MR) is 119 cm³/mol. The number of para-hydroxylation sites is 2. The Balaban J connectivity index is 1.37. The minimum absolute atomic E-state index is 0.175. The number of hydrogen-bond acceptors (Lipinski definition) is 4. The number of benzene rings is 2. The fraction of sp³-hybridized carbons (Fsp3) is 0.250. The van der Waals surface area contributed by atoms with Crippen molar-refractivity contribution in [2.45, 2.75) is 13.3 Å². The Hall–Kier alpha value is -3.34. The van der Waals surface area contributed by atoms with Gasteiger partial charge in [0.15, 0.2) is 0 Å². The van der Waals surface area contributed by atoms with Gasteiger partial charge in [-0.3, -0.25) is 4.79 Å². The normalized spacial score (nSPS) is 14.0. The molecule has 1 fully saturated rings. The van der Waals surface area contributed by atoms with E-state index in [1.165, 1.54) is 5.69 Å². The maximum atomic E-state index is 12.6. The molecule has 1 amide bonds. The van der Waals surface area contributed by atoms with E-state index in [4.69, 9.17) is 0 Å². The molecule has 0 spiro atoms. The third-order valence-corrected chi connectivity index (χ3v) is 5.39. The summed E-state index contributed by atoms with van der Waals surface area (Å²) >= 11 is 0. The highest BCUT2D eigenvalue weighted by atomic mass is 16.1. The Morgan fingerprint density at radius 3 is 2.17 bits per heavy atom. The summed E-state index contributed by atoms with van der Waals surface area (Å²) in [7, 11) is 0. The molecule has 5 heteroatoms. The predicted octanol–water partition coefficient (Wildman–Crippen LogP) is 4.22. The Morgan fingerprint density at radius 1 is 0.862 bits per heavy atom. The van der Waals surface area contributed by atoms with Crippen LogP contribution in [-0.4, -0.2) is 37.1 Å². The van der Waals surface area contributed by atoms with Gasteiger partial charge in [-0.25, -0.2) is 4.98 Å². The van der Waals surface area contributed by atoms with E-state index < -0.39 is 0 Å². The molecule has 3 aromatic rings. The standard InChI is InChI=1S/C24H26N4O/c1-2-19-8-6-7-11-22(19)26-24(29)23-13-12-21(18-25-23)28-16-14-27(15-17-28)20-9-4-3-5-10-20/h3-13,18H,2,14-17H2,1H3,(H,26,29). The van der Waals surface area contributed by atoms with Gasteiger partial charge in [0.25, 0.3) is 5.91 Å². The van der Waals surface area contributed by atoms with Crippen molar-refractivity contribution in [3.8, 4) is 0 Å². The van der Waals surface area contributed by atoms with Crippen LogP contribution < -0.4 is 15.1 Å². The van der Waals surface area contributed by atoms with Crippen molar-refractivity contribution in [1.29, 1.82) is 0 Å². The van der Waals surface area contributed by atoms with E-state index in [2.05, 4.69) is 51.3 Å². The Morgan fingerprint density at radius 2 is 1.52 bits per heavy atom. The van der Waals surface area contributed by atoms with Gasteiger partial charge in [0.2, 0.25) is 0 Å². The Labute approximate surface area is 172 Å². The van der Waals surface area contributed by atoms with E-state index in [1.54, 1.807) is 6.20 Å². The molecule has 29 heavy (non-hydrogen) atoms. The summed E-state index contributed by atoms with van der Waals surface area (Å²) in [5.74, 6) is -0.175. The van der Waals surface area contributed by atoms with Gasteiger partial charge in [-0.1, -0.05) is 43.3 Å². The van der Waals surface area contributed by atoms with Crippen LogP contribution in [-0.2, 0) is 6.42 Å². The average Bonchev–Trinajstić information content (AvgIpc) is 2.80. The van der Waals surface area contributed by atoms with Gasteiger partial charge < -0.3 is 15.1 Å². The number of aromatic nitrogens is 1. The van der Waals surface area contributed by atoms with E-state index in [0.29, 0.717) is 5.69 Å². The summed E-state index contributed by atoms with van der Waals surface area (Å²) in [5, 5.41) is 2.98. The second kappa shape index (κ2) is 8.78. The highest BCUT2D eigenvalue weighted by molar-refractivity contribution is 6.03. The number of nitrogens with one attached hydrogen (secondary N) is 1. The van der Waals surface area contributed by atoms with E-state index in [1.807, 2.05) is 42.5 Å². The fourth-order valence-corrected chi connectivity index (χ4v) is 3.71. The molecule has 1 aliphatic rings. The molecule has 0 radical (unpaired) electrons. The molecule has 1 aromatic heterocycles. The SMILES string of the molecule is CCc1ccccc1NC(=O)c1ccc(N2CCN(c3ccccc3)CC2)cn1. The lowest BCUT2D eigenvalue weighted by molar-refractivity contribution is 0.102. The van der Waals surface area contributed by atoms with Crippen LogP contribution in [0.25, 0.3) is 0 Å². The van der Waals surface area contributed by atoms with Crippen LogP contribution in [0.2, 0.25) is 0 Å². The van der Waals surface area contributed by atoms with E-state index >= 15 is 0 Å². The van der Waals surface area contributed by atoms with Crippen molar-refractivity contribution in [2.24, 2.45) is 0 Å². The first-order valence-electron chi connectivity index (χ1n) is 10.1. The first-order chi connectivity index (χ1) is 14.2. The van der Waals surface area contributed by atoms with Crippen molar-refractivity contribution < 1.29 is 4.79 Å². The number of piperazine rings is 1. The van der Waals surface area contributed by atoms with Gasteiger partial charge in [0.1, 0.15) is 5.69 Å². The molecule has 1 N–H and O–H groups in total. The van der Waals surface area contributed by atoms with Gasteiger partial charge in [-0.15, -0.1) is 0 Å². The molecule has 0 saturated carbocycles. The zero-order valence-electron chi connectivity index (χ0n) is 16.7. The van der Waals surface area contributed by atoms with Crippen molar-refractivity contribution >= 4 is 23.0 Å². The molecular weight excluding hydrogens is 360 g/mol. The largest absolute Gasteiger partial charge is 0.368 e. The van der Waals surface area contributed by atoms with Crippen molar-refractivity contribution in [3.05, 3.63) is 84.2 Å². The molecular formula is C24H26N4O. The van der Waals surface area contributed by atoms with E-state index in [0.717, 1.165) is 49.5 Å². The fourth-order valence-electron chi connectivity index (χ4n) is 3.71. The summed E-state index contributed by atoms with van der Waals surface area (Å²) in [6.07, 6.45) is 2.68. The molecule has 2 aromatic carbocycles. The number of pyridine rings is 1. The minimum Gasteiger partial charge on any atom is -0.368 e. The third kappa shape index (κ3) is 4.40. The van der Waals surface area contributed by atoms with E-state index in [9.17, 15) is 4.79 Å². The second-order valence-electron chi connectivity index (χ2n) is 7.18. The molecule has 1 aliphatic heterocycles. The lowest BCUT2D eigenvalue weighted by atomic mass is 10.1. The summed E-state index contributed by atoms with van der Waals surface area (Å²) < 4.78 is 0. The van der Waals surface area contributed by atoms with Gasteiger partial charge >= 0.3 is 0 Å². The summed E-state index contributed by atoms with van der Waals surface area (Å²) in [6, 6.07) is 22.2. The van der Waals surface area contributed by atoms with Crippen molar-refractivity contribution in [3.63, 3.8) is 0 Å². The molecule has 0 bridgehead atoms. The smallest absolute Gasteiger partial charge is 0.274 e. The van der Waals surface area contributed by atoms with Crippen LogP contribution in [0.15, 0.2) is 72.9 Å². The molecule has 0 aliphatic carbocycles. The number of anilines is 3. The lowest BCUT2D eigenvalue weighted by Crippen LogP contribution is -2.46. The topological polar surface area (TPSA) is 48.5 Å². The van der Waals surface area contributed by atoms with Crippen LogP contribution in [0.1, 0.15) is 23.0 Å². The average molecular weight is 386 g/mol. The molecule has 4 rings (SSSR count). The van der Waals surface area contributed by atoms with Crippen LogP contribution in [0.4, 0.5) is 17.1 Å². The molecule has 2 heterocycles. The number of aryl methyl sites for hydroxylation is 1. The number of nitrogens with zero attached hydrogens (tertiary/aromatic N) is 3. The van der Waals surface area contributed by atoms with Gasteiger partial charge in [0, 0.05) is 37.6 Å². The number of rotatable bonds is 5. The Kier molecular flexibility index (Phi) is 5.75. The highest BCUT2D eigenvalue weighted by Crippen LogP contribution is 2.21. The van der Waals surface area contributed by atoms with Crippen molar-refractivity contribution in [2.75, 3.05) is 41.3 Å². The zero-order valence-corrected chi connectivity index (χ0v) is 16.7. The summed E-state index contributed by atoms with van der Waals surface area (Å²) in [4.78, 5) is 21.7. The lowest BCUT2D eigenvalue weighted by Gasteiger charge is -2.37. The van der Waals surface area contributed by atoms with Crippen molar-refractivity contribution in [1.82, 2.24) is 4.98 Å². The molecule has 1 saturated heterocycles. The second-order valence-corrected chi connectivity index (χ2v) is 7.18. The van der Waals surface area contributed by atoms with Crippen LogP contribution in [0.5, 0.6) is 0 Å². The molecule has 5 nitrogen and oxygen atoms in total. The maximum Gasteiger partial charge on any atom is 0.274 e. The molecule has 0 unspecified atom stereocenters. The van der Waals surface area contributed by atoms with Gasteiger partial charge in [-0.2, -0.15) is 0 Å². The number of carbonyl (C=O) groups is 1. The highest BCUT2D eigenvalue weighted by Gasteiger charge is 2.18. The zero-order chi connectivity index (χ0) is 20.1. The maximum absolute atomic E-state index is 12.6. The number of amides is 1. The van der Waals surface area contributed by atoms with Crippen LogP contribution >= 0.6 is 0 Å². The summed E-state index contributed by atoms with van der Waals surface area (Å²) in [5.41, 5.74) is 4.73.